The first-order valence-corrected chi connectivity index (χ1v) is 4.73. The predicted octanol–water partition coefficient (Wildman–Crippen LogP) is 1.07. The third-order valence-electron chi connectivity index (χ3n) is 2.12. The largest absolute Gasteiger partial charge is 0.394 e. The molecule has 0 spiro atoms. The molecule has 0 bridgehead atoms. The molecule has 0 amide bonds. The van der Waals surface area contributed by atoms with Crippen LogP contribution in [0.15, 0.2) is 18.2 Å². The third kappa shape index (κ3) is 3.01. The van der Waals surface area contributed by atoms with Gasteiger partial charge < -0.3 is 15.5 Å². The Labute approximate surface area is 84.4 Å². The maximum Gasteiger partial charge on any atom is 0.0942 e. The average Bonchev–Trinajstić information content (AvgIpc) is 2.16. The van der Waals surface area contributed by atoms with E-state index in [0.717, 1.165) is 11.3 Å². The molecule has 0 aliphatic carbocycles. The van der Waals surface area contributed by atoms with Gasteiger partial charge in [0.05, 0.1) is 12.7 Å². The first-order chi connectivity index (χ1) is 6.63. The quantitative estimate of drug-likeness (QED) is 0.673. The van der Waals surface area contributed by atoms with Crippen LogP contribution < -0.4 is 5.32 Å². The van der Waals surface area contributed by atoms with Gasteiger partial charge in [-0.1, -0.05) is 17.7 Å². The first kappa shape index (κ1) is 11.0. The van der Waals surface area contributed by atoms with Gasteiger partial charge in [-0.05, 0) is 25.5 Å². The summed E-state index contributed by atoms with van der Waals surface area (Å²) in [5.41, 5.74) is 3.37. The van der Waals surface area contributed by atoms with Crippen molar-refractivity contribution in [2.24, 2.45) is 0 Å². The van der Waals surface area contributed by atoms with E-state index >= 15 is 0 Å². The highest BCUT2D eigenvalue weighted by atomic mass is 16.3. The zero-order valence-corrected chi connectivity index (χ0v) is 8.62. The number of rotatable bonds is 4. The molecule has 78 valence electrons. The number of anilines is 1. The summed E-state index contributed by atoms with van der Waals surface area (Å²) >= 11 is 0. The number of aliphatic hydroxyl groups is 2. The highest BCUT2D eigenvalue weighted by Gasteiger charge is 2.02. The Morgan fingerprint density at radius 2 is 2.07 bits per heavy atom. The molecule has 1 aromatic carbocycles. The van der Waals surface area contributed by atoms with E-state index in [1.807, 2.05) is 26.0 Å². The van der Waals surface area contributed by atoms with E-state index in [2.05, 4.69) is 11.4 Å². The number of hydrogen-bond acceptors (Lipinski definition) is 3. The number of aliphatic hydroxyl groups excluding tert-OH is 2. The van der Waals surface area contributed by atoms with Gasteiger partial charge in [0, 0.05) is 12.2 Å². The summed E-state index contributed by atoms with van der Waals surface area (Å²) in [5, 5.41) is 20.9. The summed E-state index contributed by atoms with van der Waals surface area (Å²) < 4.78 is 0. The fourth-order valence-corrected chi connectivity index (χ4v) is 1.30. The smallest absolute Gasteiger partial charge is 0.0942 e. The molecule has 0 aliphatic heterocycles. The molecule has 0 radical (unpaired) electrons. The minimum Gasteiger partial charge on any atom is -0.394 e. The Hall–Kier alpha value is -1.06. The highest BCUT2D eigenvalue weighted by molar-refractivity contribution is 5.51. The summed E-state index contributed by atoms with van der Waals surface area (Å²) in [6, 6.07) is 6.07. The third-order valence-corrected chi connectivity index (χ3v) is 2.12. The standard InChI is InChI=1S/C11H17NO2/c1-8-3-4-11(9(2)5-8)12-6-10(14)7-13/h3-5,10,12-14H,6-7H2,1-2H3. The molecule has 14 heavy (non-hydrogen) atoms. The number of aryl methyl sites for hydroxylation is 2. The van der Waals surface area contributed by atoms with Crippen molar-refractivity contribution in [2.75, 3.05) is 18.5 Å². The number of nitrogens with one attached hydrogen (secondary N) is 1. The van der Waals surface area contributed by atoms with Crippen molar-refractivity contribution < 1.29 is 10.2 Å². The van der Waals surface area contributed by atoms with Crippen molar-refractivity contribution in [3.63, 3.8) is 0 Å². The van der Waals surface area contributed by atoms with Crippen LogP contribution in [-0.2, 0) is 0 Å². The molecular formula is C11H17NO2. The van der Waals surface area contributed by atoms with Crippen molar-refractivity contribution in [3.8, 4) is 0 Å². The van der Waals surface area contributed by atoms with Crippen molar-refractivity contribution in [1.29, 1.82) is 0 Å². The molecular weight excluding hydrogens is 178 g/mol. The topological polar surface area (TPSA) is 52.5 Å². The first-order valence-electron chi connectivity index (χ1n) is 4.73. The van der Waals surface area contributed by atoms with Gasteiger partial charge in [0.2, 0.25) is 0 Å². The molecule has 1 aromatic rings. The Morgan fingerprint density at radius 3 is 2.64 bits per heavy atom. The van der Waals surface area contributed by atoms with Crippen LogP contribution in [0.1, 0.15) is 11.1 Å². The highest BCUT2D eigenvalue weighted by Crippen LogP contribution is 2.15. The second-order valence-electron chi connectivity index (χ2n) is 3.54. The van der Waals surface area contributed by atoms with Crippen LogP contribution in [0.25, 0.3) is 0 Å². The van der Waals surface area contributed by atoms with Gasteiger partial charge >= 0.3 is 0 Å². The zero-order valence-electron chi connectivity index (χ0n) is 8.62. The normalized spacial score (nSPS) is 12.6. The summed E-state index contributed by atoms with van der Waals surface area (Å²) in [7, 11) is 0. The van der Waals surface area contributed by atoms with Crippen LogP contribution in [-0.4, -0.2) is 29.5 Å². The van der Waals surface area contributed by atoms with Crippen LogP contribution in [0.3, 0.4) is 0 Å². The van der Waals surface area contributed by atoms with Crippen LogP contribution in [0.5, 0.6) is 0 Å². The van der Waals surface area contributed by atoms with Crippen LogP contribution in [0.2, 0.25) is 0 Å². The summed E-state index contributed by atoms with van der Waals surface area (Å²) in [4.78, 5) is 0. The summed E-state index contributed by atoms with van der Waals surface area (Å²) in [6.07, 6.45) is -0.698. The molecule has 3 nitrogen and oxygen atoms in total. The van der Waals surface area contributed by atoms with Crippen LogP contribution in [0, 0.1) is 13.8 Å². The summed E-state index contributed by atoms with van der Waals surface area (Å²) in [6.45, 7) is 4.22. The molecule has 1 unspecified atom stereocenters. The van der Waals surface area contributed by atoms with Gasteiger partial charge in [-0.2, -0.15) is 0 Å². The molecule has 3 heteroatoms. The van der Waals surface area contributed by atoms with Crippen molar-refractivity contribution in [2.45, 2.75) is 20.0 Å². The van der Waals surface area contributed by atoms with E-state index in [1.165, 1.54) is 5.56 Å². The van der Waals surface area contributed by atoms with Crippen molar-refractivity contribution >= 4 is 5.69 Å². The molecule has 1 atom stereocenters. The fraction of sp³-hybridized carbons (Fsp3) is 0.455. The second-order valence-corrected chi connectivity index (χ2v) is 3.54. The van der Waals surface area contributed by atoms with Gasteiger partial charge in [-0.3, -0.25) is 0 Å². The average molecular weight is 195 g/mol. The van der Waals surface area contributed by atoms with Gasteiger partial charge in [-0.15, -0.1) is 0 Å². The number of benzene rings is 1. The van der Waals surface area contributed by atoms with E-state index in [9.17, 15) is 0 Å². The Kier molecular flexibility index (Phi) is 3.92. The predicted molar refractivity (Wildman–Crippen MR) is 57.5 cm³/mol. The Balaban J connectivity index is 2.59. The summed E-state index contributed by atoms with van der Waals surface area (Å²) in [5.74, 6) is 0. The van der Waals surface area contributed by atoms with Gasteiger partial charge in [0.15, 0.2) is 0 Å². The van der Waals surface area contributed by atoms with E-state index < -0.39 is 6.10 Å². The lowest BCUT2D eigenvalue weighted by Gasteiger charge is -2.12. The van der Waals surface area contributed by atoms with Crippen molar-refractivity contribution in [3.05, 3.63) is 29.3 Å². The Morgan fingerprint density at radius 1 is 1.36 bits per heavy atom. The lowest BCUT2D eigenvalue weighted by Crippen LogP contribution is -2.23. The van der Waals surface area contributed by atoms with Gasteiger partial charge in [0.1, 0.15) is 0 Å². The van der Waals surface area contributed by atoms with Crippen LogP contribution in [0.4, 0.5) is 5.69 Å². The van der Waals surface area contributed by atoms with E-state index in [-0.39, 0.29) is 6.61 Å². The lowest BCUT2D eigenvalue weighted by molar-refractivity contribution is 0.105. The molecule has 0 saturated carbocycles. The molecule has 0 heterocycles. The SMILES string of the molecule is Cc1ccc(NCC(O)CO)c(C)c1. The molecule has 1 rings (SSSR count). The molecule has 0 aliphatic rings. The maximum absolute atomic E-state index is 9.15. The minimum absolute atomic E-state index is 0.210. The second kappa shape index (κ2) is 4.98. The maximum atomic E-state index is 9.15. The van der Waals surface area contributed by atoms with E-state index in [0.29, 0.717) is 6.54 Å². The van der Waals surface area contributed by atoms with E-state index in [1.54, 1.807) is 0 Å². The van der Waals surface area contributed by atoms with Gasteiger partial charge in [0.25, 0.3) is 0 Å². The van der Waals surface area contributed by atoms with Crippen LogP contribution >= 0.6 is 0 Å². The fourth-order valence-electron chi connectivity index (χ4n) is 1.30. The monoisotopic (exact) mass is 195 g/mol. The Bertz CT molecular complexity index is 299. The van der Waals surface area contributed by atoms with E-state index in [4.69, 9.17) is 10.2 Å². The number of hydrogen-bond donors (Lipinski definition) is 3. The molecule has 0 fully saturated rings. The lowest BCUT2D eigenvalue weighted by atomic mass is 10.1. The zero-order chi connectivity index (χ0) is 10.6. The molecule has 3 N–H and O–H groups in total. The molecule has 0 aromatic heterocycles. The molecule has 0 saturated heterocycles. The van der Waals surface area contributed by atoms with Gasteiger partial charge in [-0.25, -0.2) is 0 Å². The minimum atomic E-state index is -0.698. The van der Waals surface area contributed by atoms with Crippen molar-refractivity contribution in [1.82, 2.24) is 0 Å².